The van der Waals surface area contributed by atoms with E-state index in [0.717, 1.165) is 19.6 Å². The Kier molecular flexibility index (Phi) is 7.86. The summed E-state index contributed by atoms with van der Waals surface area (Å²) in [6.45, 7) is 12.2. The average Bonchev–Trinajstić information content (AvgIpc) is 2.40. The van der Waals surface area contributed by atoms with Gasteiger partial charge in [-0.05, 0) is 44.0 Å². The molecule has 1 unspecified atom stereocenters. The summed E-state index contributed by atoms with van der Waals surface area (Å²) >= 11 is 0. The summed E-state index contributed by atoms with van der Waals surface area (Å²) in [6.07, 6.45) is 2.52. The first kappa shape index (κ1) is 17.2. The molecule has 0 aliphatic carbocycles. The van der Waals surface area contributed by atoms with Gasteiger partial charge in [0.2, 0.25) is 0 Å². The van der Waals surface area contributed by atoms with E-state index < -0.39 is 0 Å². The normalized spacial score (nSPS) is 13.2. The van der Waals surface area contributed by atoms with Crippen molar-refractivity contribution < 1.29 is 0 Å². The smallest absolute Gasteiger partial charge is 0.0236 e. The number of nitrogens with one attached hydrogen (secondary N) is 1. The summed E-state index contributed by atoms with van der Waals surface area (Å²) in [5.41, 5.74) is 2.89. The molecule has 2 heteroatoms. The van der Waals surface area contributed by atoms with Crippen LogP contribution in [0.2, 0.25) is 0 Å². The Balaban J connectivity index is 2.60. The average molecular weight is 276 g/mol. The zero-order chi connectivity index (χ0) is 15.0. The van der Waals surface area contributed by atoms with Crippen LogP contribution < -0.4 is 5.32 Å². The maximum atomic E-state index is 3.55. The highest BCUT2D eigenvalue weighted by molar-refractivity contribution is 5.27. The lowest BCUT2D eigenvalue weighted by Gasteiger charge is -2.25. The fourth-order valence-corrected chi connectivity index (χ4v) is 2.44. The van der Waals surface area contributed by atoms with Gasteiger partial charge < -0.3 is 5.32 Å². The molecule has 0 saturated carbocycles. The van der Waals surface area contributed by atoms with Crippen molar-refractivity contribution in [1.82, 2.24) is 10.2 Å². The van der Waals surface area contributed by atoms with Gasteiger partial charge in [0.05, 0.1) is 0 Å². The molecule has 1 atom stereocenters. The number of benzene rings is 1. The highest BCUT2D eigenvalue weighted by Crippen LogP contribution is 2.14. The minimum Gasteiger partial charge on any atom is -0.312 e. The van der Waals surface area contributed by atoms with Crippen LogP contribution in [0.25, 0.3) is 0 Å². The highest BCUT2D eigenvalue weighted by atomic mass is 15.1. The monoisotopic (exact) mass is 276 g/mol. The van der Waals surface area contributed by atoms with Crippen molar-refractivity contribution in [3.05, 3.63) is 35.4 Å². The number of rotatable bonds is 9. The molecule has 114 valence electrons. The molecular weight excluding hydrogens is 244 g/mol. The molecule has 0 bridgehead atoms. The Labute approximate surface area is 125 Å². The molecule has 0 heterocycles. The Morgan fingerprint density at radius 1 is 1.10 bits per heavy atom. The van der Waals surface area contributed by atoms with E-state index in [2.05, 4.69) is 69.2 Å². The second-order valence-electron chi connectivity index (χ2n) is 6.35. The Hall–Kier alpha value is -0.860. The Morgan fingerprint density at radius 2 is 1.75 bits per heavy atom. The van der Waals surface area contributed by atoms with Gasteiger partial charge in [-0.1, -0.05) is 51.5 Å². The second kappa shape index (κ2) is 9.15. The van der Waals surface area contributed by atoms with Crippen LogP contribution in [0.4, 0.5) is 0 Å². The predicted molar refractivity (Wildman–Crippen MR) is 88.8 cm³/mol. The quantitative estimate of drug-likeness (QED) is 0.732. The van der Waals surface area contributed by atoms with Crippen molar-refractivity contribution in [3.63, 3.8) is 0 Å². The number of hydrogen-bond acceptors (Lipinski definition) is 2. The fraction of sp³-hybridized carbons (Fsp3) is 0.667. The van der Waals surface area contributed by atoms with Crippen LogP contribution in [0, 0.1) is 5.92 Å². The van der Waals surface area contributed by atoms with Crippen LogP contribution in [0.3, 0.4) is 0 Å². The standard InChI is InChI=1S/C18H32N2/c1-6-9-16(4)20(5)14-18-11-8-7-10-17(18)13-19-12-15(2)3/h7-8,10-11,15-16,19H,6,9,12-14H2,1-5H3. The van der Waals surface area contributed by atoms with Gasteiger partial charge in [0.25, 0.3) is 0 Å². The third kappa shape index (κ3) is 6.06. The van der Waals surface area contributed by atoms with E-state index in [4.69, 9.17) is 0 Å². The van der Waals surface area contributed by atoms with Crippen LogP contribution in [0.1, 0.15) is 51.7 Å². The molecule has 0 saturated heterocycles. The lowest BCUT2D eigenvalue weighted by atomic mass is 10.1. The van der Waals surface area contributed by atoms with Crippen LogP contribution in [-0.4, -0.2) is 24.5 Å². The summed E-state index contributed by atoms with van der Waals surface area (Å²) in [4.78, 5) is 2.46. The number of hydrogen-bond donors (Lipinski definition) is 1. The Bertz CT molecular complexity index is 373. The van der Waals surface area contributed by atoms with Gasteiger partial charge in [0.1, 0.15) is 0 Å². The molecule has 0 aromatic heterocycles. The molecule has 20 heavy (non-hydrogen) atoms. The van der Waals surface area contributed by atoms with Crippen molar-refractivity contribution in [3.8, 4) is 0 Å². The summed E-state index contributed by atoms with van der Waals surface area (Å²) in [5, 5.41) is 3.55. The largest absolute Gasteiger partial charge is 0.312 e. The lowest BCUT2D eigenvalue weighted by molar-refractivity contribution is 0.236. The van der Waals surface area contributed by atoms with E-state index >= 15 is 0 Å². The summed E-state index contributed by atoms with van der Waals surface area (Å²) in [5.74, 6) is 0.703. The van der Waals surface area contributed by atoms with Gasteiger partial charge in [-0.15, -0.1) is 0 Å². The van der Waals surface area contributed by atoms with Gasteiger partial charge in [0.15, 0.2) is 0 Å². The molecule has 0 spiro atoms. The van der Waals surface area contributed by atoms with Crippen LogP contribution >= 0.6 is 0 Å². The van der Waals surface area contributed by atoms with E-state index in [0.29, 0.717) is 12.0 Å². The third-order valence-corrected chi connectivity index (χ3v) is 3.87. The molecule has 1 N–H and O–H groups in total. The van der Waals surface area contributed by atoms with Gasteiger partial charge in [-0.2, -0.15) is 0 Å². The van der Waals surface area contributed by atoms with Gasteiger partial charge >= 0.3 is 0 Å². The van der Waals surface area contributed by atoms with Crippen LogP contribution in [-0.2, 0) is 13.1 Å². The maximum Gasteiger partial charge on any atom is 0.0236 e. The van der Waals surface area contributed by atoms with Crippen LogP contribution in [0.5, 0.6) is 0 Å². The molecule has 0 fully saturated rings. The van der Waals surface area contributed by atoms with E-state index in [1.807, 2.05) is 0 Å². The van der Waals surface area contributed by atoms with Crippen molar-refractivity contribution in [2.45, 2.75) is 59.7 Å². The SMILES string of the molecule is CCCC(C)N(C)Cc1ccccc1CNCC(C)C. The number of nitrogens with zero attached hydrogens (tertiary/aromatic N) is 1. The third-order valence-electron chi connectivity index (χ3n) is 3.87. The first-order chi connectivity index (χ1) is 9.54. The molecule has 1 aromatic rings. The molecular formula is C18H32N2. The molecule has 1 rings (SSSR count). The van der Waals surface area contributed by atoms with Gasteiger partial charge in [-0.3, -0.25) is 4.90 Å². The molecule has 0 amide bonds. The Morgan fingerprint density at radius 3 is 2.35 bits per heavy atom. The lowest BCUT2D eigenvalue weighted by Crippen LogP contribution is -2.29. The van der Waals surface area contributed by atoms with E-state index in [1.165, 1.54) is 24.0 Å². The summed E-state index contributed by atoms with van der Waals surface area (Å²) < 4.78 is 0. The van der Waals surface area contributed by atoms with Crippen molar-refractivity contribution in [2.75, 3.05) is 13.6 Å². The minimum absolute atomic E-state index is 0.650. The van der Waals surface area contributed by atoms with E-state index in [-0.39, 0.29) is 0 Å². The summed E-state index contributed by atoms with van der Waals surface area (Å²) in [7, 11) is 2.23. The van der Waals surface area contributed by atoms with Gasteiger partial charge in [0, 0.05) is 19.1 Å². The zero-order valence-corrected chi connectivity index (χ0v) is 13.9. The second-order valence-corrected chi connectivity index (χ2v) is 6.35. The van der Waals surface area contributed by atoms with E-state index in [9.17, 15) is 0 Å². The predicted octanol–water partition coefficient (Wildman–Crippen LogP) is 4.05. The summed E-state index contributed by atoms with van der Waals surface area (Å²) in [6, 6.07) is 9.46. The van der Waals surface area contributed by atoms with E-state index in [1.54, 1.807) is 0 Å². The van der Waals surface area contributed by atoms with Gasteiger partial charge in [-0.25, -0.2) is 0 Å². The zero-order valence-electron chi connectivity index (χ0n) is 13.9. The fourth-order valence-electron chi connectivity index (χ4n) is 2.44. The topological polar surface area (TPSA) is 15.3 Å². The molecule has 0 radical (unpaired) electrons. The molecule has 1 aromatic carbocycles. The van der Waals surface area contributed by atoms with Crippen LogP contribution in [0.15, 0.2) is 24.3 Å². The molecule has 0 aliphatic heterocycles. The molecule has 0 aliphatic rings. The maximum absolute atomic E-state index is 3.55. The van der Waals surface area contributed by atoms with Crippen molar-refractivity contribution in [2.24, 2.45) is 5.92 Å². The first-order valence-corrected chi connectivity index (χ1v) is 8.02. The highest BCUT2D eigenvalue weighted by Gasteiger charge is 2.10. The van der Waals surface area contributed by atoms with Crippen molar-refractivity contribution in [1.29, 1.82) is 0 Å². The van der Waals surface area contributed by atoms with Crippen molar-refractivity contribution >= 4 is 0 Å². The minimum atomic E-state index is 0.650. The first-order valence-electron chi connectivity index (χ1n) is 8.02. The molecule has 2 nitrogen and oxygen atoms in total.